The molecule has 1 aromatic rings. The molecular weight excluding hydrogens is 454 g/mol. The van der Waals surface area contributed by atoms with Crippen LogP contribution in [0.1, 0.15) is 29.5 Å². The van der Waals surface area contributed by atoms with E-state index in [-0.39, 0.29) is 24.3 Å². The number of piperidine rings is 1. The molecule has 0 saturated carbocycles. The fourth-order valence-corrected chi connectivity index (χ4v) is 3.50. The second kappa shape index (κ2) is 11.3. The summed E-state index contributed by atoms with van der Waals surface area (Å²) in [6, 6.07) is 1.16. The molecule has 2 rings (SSSR count). The molecule has 6 nitrogen and oxygen atoms in total. The number of carbonyl (C=O) groups is 1. The van der Waals surface area contributed by atoms with Gasteiger partial charge in [0.15, 0.2) is 0 Å². The number of nitrogens with one attached hydrogen (secondary N) is 1. The predicted molar refractivity (Wildman–Crippen MR) is 110 cm³/mol. The third-order valence-electron chi connectivity index (χ3n) is 5.40. The molecule has 0 bridgehead atoms. The Balaban J connectivity index is 2.02. The molecular formula is C21H28F6N4O2. The zero-order valence-electron chi connectivity index (χ0n) is 17.9. The standard InChI is InChI=1S/C21H28F6N4O2/c1-2-5-31(9-8-30-6-3-17(32)4-7-30)18(28)19(33)29-13-14-10-15(20(22,23)24)12-16(11-14)21(25,26)27/h2,10-12,17-18,32H,1,3-9,13,28H2,(H,29,33)/t18-/m0/s1. The monoisotopic (exact) mass is 482 g/mol. The fraction of sp³-hybridized carbons (Fsp3) is 0.571. The van der Waals surface area contributed by atoms with E-state index in [1.54, 1.807) is 4.90 Å². The van der Waals surface area contributed by atoms with Crippen molar-refractivity contribution in [2.45, 2.75) is 44.0 Å². The third-order valence-corrected chi connectivity index (χ3v) is 5.40. The minimum atomic E-state index is -4.97. The van der Waals surface area contributed by atoms with Gasteiger partial charge in [0.25, 0.3) is 5.91 Å². The van der Waals surface area contributed by atoms with Crippen molar-refractivity contribution in [1.82, 2.24) is 15.1 Å². The van der Waals surface area contributed by atoms with Crippen molar-refractivity contribution in [2.75, 3.05) is 32.7 Å². The third kappa shape index (κ3) is 8.29. The van der Waals surface area contributed by atoms with Gasteiger partial charge in [0, 0.05) is 39.3 Å². The first-order valence-electron chi connectivity index (χ1n) is 10.4. The highest BCUT2D eigenvalue weighted by molar-refractivity contribution is 5.81. The lowest BCUT2D eigenvalue weighted by molar-refractivity contribution is -0.143. The number of hydrogen-bond donors (Lipinski definition) is 3. The number of halogens is 6. The predicted octanol–water partition coefficient (Wildman–Crippen LogP) is 2.57. The first kappa shape index (κ1) is 27.1. The zero-order valence-corrected chi connectivity index (χ0v) is 17.9. The van der Waals surface area contributed by atoms with Crippen LogP contribution in [0.3, 0.4) is 0 Å². The van der Waals surface area contributed by atoms with Crippen molar-refractivity contribution in [3.63, 3.8) is 0 Å². The van der Waals surface area contributed by atoms with Crippen LogP contribution in [0.4, 0.5) is 26.3 Å². The van der Waals surface area contributed by atoms with E-state index in [2.05, 4.69) is 16.8 Å². The van der Waals surface area contributed by atoms with Crippen LogP contribution in [-0.4, -0.2) is 65.8 Å². The molecule has 1 heterocycles. The van der Waals surface area contributed by atoms with Gasteiger partial charge in [0.2, 0.25) is 0 Å². The summed E-state index contributed by atoms with van der Waals surface area (Å²) in [6.07, 6.45) is -8.62. The average molecular weight is 482 g/mol. The van der Waals surface area contributed by atoms with E-state index < -0.39 is 42.1 Å². The van der Waals surface area contributed by atoms with Crippen molar-refractivity contribution >= 4 is 5.91 Å². The van der Waals surface area contributed by atoms with Crippen LogP contribution < -0.4 is 11.1 Å². The Morgan fingerprint density at radius 3 is 2.21 bits per heavy atom. The highest BCUT2D eigenvalue weighted by Crippen LogP contribution is 2.36. The molecule has 12 heteroatoms. The van der Waals surface area contributed by atoms with Gasteiger partial charge in [-0.3, -0.25) is 9.69 Å². The van der Waals surface area contributed by atoms with E-state index in [0.717, 1.165) is 0 Å². The SMILES string of the molecule is C=CCN(CCN1CCC(O)CC1)[C@H](N)C(=O)NCc1cc(C(F)(F)F)cc(C(F)(F)F)c1. The molecule has 1 aliphatic rings. The van der Waals surface area contributed by atoms with Crippen molar-refractivity contribution in [2.24, 2.45) is 5.73 Å². The van der Waals surface area contributed by atoms with Crippen molar-refractivity contribution < 1.29 is 36.2 Å². The quantitative estimate of drug-likeness (QED) is 0.286. The second-order valence-corrected chi connectivity index (χ2v) is 7.93. The molecule has 1 saturated heterocycles. The van der Waals surface area contributed by atoms with Crippen LogP contribution in [0.2, 0.25) is 0 Å². The van der Waals surface area contributed by atoms with Crippen LogP contribution in [0.5, 0.6) is 0 Å². The number of amides is 1. The Morgan fingerprint density at radius 2 is 1.73 bits per heavy atom. The topological polar surface area (TPSA) is 81.8 Å². The Bertz CT molecular complexity index is 775. The van der Waals surface area contributed by atoms with Crippen molar-refractivity contribution in [1.29, 1.82) is 0 Å². The molecule has 186 valence electrons. The number of nitrogens with zero attached hydrogens (tertiary/aromatic N) is 2. The largest absolute Gasteiger partial charge is 0.416 e. The van der Waals surface area contributed by atoms with E-state index in [4.69, 9.17) is 5.73 Å². The normalized spacial score (nSPS) is 17.2. The lowest BCUT2D eigenvalue weighted by Gasteiger charge is -2.33. The number of carbonyl (C=O) groups excluding carboxylic acids is 1. The first-order valence-corrected chi connectivity index (χ1v) is 10.4. The Labute approximate surface area is 188 Å². The summed E-state index contributed by atoms with van der Waals surface area (Å²) in [5.41, 5.74) is 2.74. The Kier molecular flexibility index (Phi) is 9.29. The number of benzene rings is 1. The summed E-state index contributed by atoms with van der Waals surface area (Å²) in [4.78, 5) is 16.2. The van der Waals surface area contributed by atoms with Gasteiger partial charge in [-0.05, 0) is 36.6 Å². The molecule has 1 aromatic carbocycles. The molecule has 1 aliphatic heterocycles. The van der Waals surface area contributed by atoms with E-state index in [1.807, 2.05) is 0 Å². The van der Waals surface area contributed by atoms with Crippen LogP contribution in [-0.2, 0) is 23.7 Å². The molecule has 33 heavy (non-hydrogen) atoms. The lowest BCUT2D eigenvalue weighted by atomic mass is 10.0. The molecule has 1 atom stereocenters. The molecule has 0 spiro atoms. The van der Waals surface area contributed by atoms with E-state index in [1.165, 1.54) is 6.08 Å². The summed E-state index contributed by atoms with van der Waals surface area (Å²) < 4.78 is 78.0. The molecule has 1 amide bonds. The molecule has 0 radical (unpaired) electrons. The minimum Gasteiger partial charge on any atom is -0.393 e. The zero-order chi connectivity index (χ0) is 24.8. The second-order valence-electron chi connectivity index (χ2n) is 7.93. The number of aliphatic hydroxyl groups excluding tert-OH is 1. The van der Waals surface area contributed by atoms with Crippen molar-refractivity contribution in [3.05, 3.63) is 47.5 Å². The molecule has 0 aromatic heterocycles. The number of aliphatic hydroxyl groups is 1. The van der Waals surface area contributed by atoms with Crippen LogP contribution in [0.15, 0.2) is 30.9 Å². The summed E-state index contributed by atoms with van der Waals surface area (Å²) in [7, 11) is 0. The van der Waals surface area contributed by atoms with Gasteiger partial charge in [-0.1, -0.05) is 6.08 Å². The van der Waals surface area contributed by atoms with Crippen LogP contribution in [0, 0.1) is 0 Å². The summed E-state index contributed by atoms with van der Waals surface area (Å²) in [5.74, 6) is -0.739. The van der Waals surface area contributed by atoms with E-state index in [9.17, 15) is 36.2 Å². The lowest BCUT2D eigenvalue weighted by Crippen LogP contribution is -2.54. The summed E-state index contributed by atoms with van der Waals surface area (Å²) >= 11 is 0. The van der Waals surface area contributed by atoms with Gasteiger partial charge in [0.05, 0.1) is 17.2 Å². The number of rotatable bonds is 9. The maximum atomic E-state index is 13.0. The molecule has 4 N–H and O–H groups in total. The van der Waals surface area contributed by atoms with Crippen molar-refractivity contribution in [3.8, 4) is 0 Å². The van der Waals surface area contributed by atoms with Crippen LogP contribution in [0.25, 0.3) is 0 Å². The molecule has 0 aliphatic carbocycles. The van der Waals surface area contributed by atoms with Crippen LogP contribution >= 0.6 is 0 Å². The van der Waals surface area contributed by atoms with Gasteiger partial charge >= 0.3 is 12.4 Å². The Hall–Kier alpha value is -2.15. The van der Waals surface area contributed by atoms with Gasteiger partial charge < -0.3 is 21.1 Å². The first-order chi connectivity index (χ1) is 15.3. The maximum absolute atomic E-state index is 13.0. The van der Waals surface area contributed by atoms with Gasteiger partial charge in [-0.25, -0.2) is 0 Å². The van der Waals surface area contributed by atoms with E-state index >= 15 is 0 Å². The summed E-state index contributed by atoms with van der Waals surface area (Å²) in [6.45, 7) is 5.68. The van der Waals surface area contributed by atoms with Gasteiger partial charge in [0.1, 0.15) is 6.17 Å². The van der Waals surface area contributed by atoms with E-state index in [0.29, 0.717) is 51.2 Å². The molecule has 1 fully saturated rings. The minimum absolute atomic E-state index is 0.0302. The highest BCUT2D eigenvalue weighted by atomic mass is 19.4. The summed E-state index contributed by atoms with van der Waals surface area (Å²) in [5, 5.41) is 11.9. The Morgan fingerprint density at radius 1 is 1.18 bits per heavy atom. The van der Waals surface area contributed by atoms with Gasteiger partial charge in [-0.15, -0.1) is 6.58 Å². The maximum Gasteiger partial charge on any atom is 0.416 e. The number of alkyl halides is 6. The number of nitrogens with two attached hydrogens (primary N) is 1. The number of hydrogen-bond acceptors (Lipinski definition) is 5. The molecule has 0 unspecified atom stereocenters. The highest BCUT2D eigenvalue weighted by Gasteiger charge is 2.37. The fourth-order valence-electron chi connectivity index (χ4n) is 3.50. The average Bonchev–Trinajstić information content (AvgIpc) is 2.74. The van der Waals surface area contributed by atoms with Gasteiger partial charge in [-0.2, -0.15) is 26.3 Å². The number of likely N-dealkylation sites (tertiary alicyclic amines) is 1. The smallest absolute Gasteiger partial charge is 0.393 e.